The second-order valence-corrected chi connectivity index (χ2v) is 14.9. The maximum Gasteiger partial charge on any atom is 0.255 e. The standard InChI is InChI=1S/C18H13ClFN.C18H13F2N.C18H14FNO.CH4/c1-13-2-3-15(14-4-8-17(20)9-5-14)12-21(13)18-10-6-16(19)7-11-18;1-13-2-3-15(14-4-6-16(19)7-5-14)12-21(13)18-10-8-17(20)9-11-18;1-13-3-2-4-17(11-13)20-12-15(7-10-18(20)21)14-5-8-16(19)9-6-14;/h2*2-12H,1H2;2-12H,1H3;1H4. The highest BCUT2D eigenvalue weighted by atomic mass is 35.5. The van der Waals surface area contributed by atoms with Gasteiger partial charge in [0.25, 0.3) is 5.56 Å². The van der Waals surface area contributed by atoms with E-state index in [-0.39, 0.29) is 36.3 Å². The van der Waals surface area contributed by atoms with Crippen molar-refractivity contribution in [1.82, 2.24) is 4.57 Å². The number of hydrogen-bond acceptors (Lipinski definition) is 3. The summed E-state index contributed by atoms with van der Waals surface area (Å²) < 4.78 is 53.6. The summed E-state index contributed by atoms with van der Waals surface area (Å²) in [5, 5.41) is 0.694. The van der Waals surface area contributed by atoms with E-state index < -0.39 is 0 Å². The maximum absolute atomic E-state index is 13.0. The molecule has 320 valence electrons. The molecule has 7 aromatic rings. The number of nitrogens with zero attached hydrogens (tertiary/aromatic N) is 3. The molecule has 6 aromatic carbocycles. The highest BCUT2D eigenvalue weighted by Gasteiger charge is 2.14. The largest absolute Gasteiger partial charge is 0.317 e. The Hall–Kier alpha value is -7.68. The second kappa shape index (κ2) is 20.9. The number of aryl methyl sites for hydroxylation is 1. The molecule has 64 heavy (non-hydrogen) atoms. The summed E-state index contributed by atoms with van der Waals surface area (Å²) in [6.45, 7) is 10.0. The van der Waals surface area contributed by atoms with Gasteiger partial charge in [-0.3, -0.25) is 9.36 Å². The summed E-state index contributed by atoms with van der Waals surface area (Å²) in [6.07, 6.45) is 13.4. The quantitative estimate of drug-likeness (QED) is 0.156. The predicted molar refractivity (Wildman–Crippen MR) is 257 cm³/mol. The Labute approximate surface area is 376 Å². The molecule has 2 aliphatic heterocycles. The molecule has 9 rings (SSSR count). The minimum atomic E-state index is -0.278. The van der Waals surface area contributed by atoms with Crippen LogP contribution in [0.3, 0.4) is 0 Å². The van der Waals surface area contributed by atoms with Crippen LogP contribution in [0.4, 0.5) is 28.9 Å². The van der Waals surface area contributed by atoms with Crippen LogP contribution in [0.25, 0.3) is 28.0 Å². The van der Waals surface area contributed by atoms with Gasteiger partial charge >= 0.3 is 0 Å². The Kier molecular flexibility index (Phi) is 15.0. The van der Waals surface area contributed by atoms with Gasteiger partial charge in [-0.1, -0.05) is 92.9 Å². The molecular formula is C55H44ClF4N3O. The number of rotatable bonds is 6. The van der Waals surface area contributed by atoms with E-state index in [4.69, 9.17) is 11.6 Å². The van der Waals surface area contributed by atoms with Crippen molar-refractivity contribution in [2.24, 2.45) is 0 Å². The van der Waals surface area contributed by atoms with Gasteiger partial charge in [0.2, 0.25) is 0 Å². The van der Waals surface area contributed by atoms with Gasteiger partial charge in [-0.25, -0.2) is 17.6 Å². The van der Waals surface area contributed by atoms with E-state index in [2.05, 4.69) is 13.2 Å². The zero-order valence-electron chi connectivity index (χ0n) is 34.1. The summed E-state index contributed by atoms with van der Waals surface area (Å²) in [5.74, 6) is -1.05. The highest BCUT2D eigenvalue weighted by molar-refractivity contribution is 6.30. The van der Waals surface area contributed by atoms with Gasteiger partial charge in [0.15, 0.2) is 0 Å². The summed E-state index contributed by atoms with van der Waals surface area (Å²) >= 11 is 5.92. The van der Waals surface area contributed by atoms with E-state index in [1.807, 2.05) is 102 Å². The number of anilines is 2. The van der Waals surface area contributed by atoms with Crippen molar-refractivity contribution < 1.29 is 17.6 Å². The number of allylic oxidation sites excluding steroid dienone is 6. The molecule has 2 aliphatic rings. The lowest BCUT2D eigenvalue weighted by molar-refractivity contribution is 0.627. The van der Waals surface area contributed by atoms with Crippen LogP contribution in [-0.2, 0) is 0 Å². The molecule has 0 saturated heterocycles. The third-order valence-corrected chi connectivity index (χ3v) is 10.3. The van der Waals surface area contributed by atoms with Gasteiger partial charge in [-0.05, 0) is 161 Å². The monoisotopic (exact) mass is 873 g/mol. The molecule has 0 unspecified atom stereocenters. The molecule has 4 nitrogen and oxygen atoms in total. The zero-order chi connectivity index (χ0) is 44.5. The van der Waals surface area contributed by atoms with E-state index in [1.165, 1.54) is 54.6 Å². The molecule has 0 saturated carbocycles. The lowest BCUT2D eigenvalue weighted by Gasteiger charge is -2.25. The van der Waals surface area contributed by atoms with E-state index in [9.17, 15) is 22.4 Å². The van der Waals surface area contributed by atoms with Crippen LogP contribution < -0.4 is 15.4 Å². The first kappa shape index (κ1) is 45.8. The van der Waals surface area contributed by atoms with Crippen molar-refractivity contribution in [2.45, 2.75) is 14.4 Å². The first-order valence-electron chi connectivity index (χ1n) is 19.7. The molecule has 0 amide bonds. The fourth-order valence-corrected chi connectivity index (χ4v) is 6.78. The number of benzene rings is 6. The Balaban J connectivity index is 0.000000158. The van der Waals surface area contributed by atoms with E-state index in [0.29, 0.717) is 5.02 Å². The first-order chi connectivity index (χ1) is 30.4. The number of pyridine rings is 1. The number of halogens is 5. The van der Waals surface area contributed by atoms with Crippen molar-refractivity contribution >= 4 is 34.1 Å². The second-order valence-electron chi connectivity index (χ2n) is 14.5. The molecule has 0 fully saturated rings. The van der Waals surface area contributed by atoms with Crippen LogP contribution >= 0.6 is 11.6 Å². The van der Waals surface area contributed by atoms with Gasteiger partial charge in [0.05, 0.1) is 0 Å². The summed E-state index contributed by atoms with van der Waals surface area (Å²) in [5.41, 5.74) is 10.8. The molecule has 1 aromatic heterocycles. The number of aromatic nitrogens is 1. The van der Waals surface area contributed by atoms with Crippen LogP contribution in [0.15, 0.2) is 230 Å². The number of hydrogen-bond donors (Lipinski definition) is 0. The van der Waals surface area contributed by atoms with Gasteiger partial charge in [-0.2, -0.15) is 0 Å². The highest BCUT2D eigenvalue weighted by Crippen LogP contribution is 2.31. The molecule has 0 N–H and O–H groups in total. The van der Waals surface area contributed by atoms with Crippen LogP contribution in [0.2, 0.25) is 5.02 Å². The molecule has 0 spiro atoms. The molecule has 3 heterocycles. The molecular weight excluding hydrogens is 830 g/mol. The molecule has 9 heteroatoms. The minimum absolute atomic E-state index is 0. The first-order valence-corrected chi connectivity index (χ1v) is 20.1. The normalized spacial score (nSPS) is 12.8. The summed E-state index contributed by atoms with van der Waals surface area (Å²) in [4.78, 5) is 15.9. The van der Waals surface area contributed by atoms with Crippen LogP contribution in [0.1, 0.15) is 24.1 Å². The van der Waals surface area contributed by atoms with Gasteiger partial charge in [0, 0.05) is 58.1 Å². The van der Waals surface area contributed by atoms with Gasteiger partial charge < -0.3 is 9.80 Å². The van der Waals surface area contributed by atoms with E-state index in [0.717, 1.165) is 67.4 Å². The molecule has 0 bridgehead atoms. The molecule has 0 atom stereocenters. The van der Waals surface area contributed by atoms with Crippen LogP contribution in [0.5, 0.6) is 0 Å². The predicted octanol–water partition coefficient (Wildman–Crippen LogP) is 14.9. The van der Waals surface area contributed by atoms with E-state index in [1.54, 1.807) is 65.4 Å². The topological polar surface area (TPSA) is 28.5 Å². The Morgan fingerprint density at radius 3 is 1.33 bits per heavy atom. The van der Waals surface area contributed by atoms with Crippen molar-refractivity contribution in [3.05, 3.63) is 281 Å². The Bertz CT molecular complexity index is 2800. The fourth-order valence-electron chi connectivity index (χ4n) is 6.65. The zero-order valence-corrected chi connectivity index (χ0v) is 34.9. The average molecular weight is 874 g/mol. The summed E-state index contributed by atoms with van der Waals surface area (Å²) in [7, 11) is 0. The van der Waals surface area contributed by atoms with Gasteiger partial charge in [-0.15, -0.1) is 0 Å². The lowest BCUT2D eigenvalue weighted by atomic mass is 10.0. The summed E-state index contributed by atoms with van der Waals surface area (Å²) in [6, 6.07) is 43.8. The third kappa shape index (κ3) is 11.6. The van der Waals surface area contributed by atoms with Gasteiger partial charge in [0.1, 0.15) is 23.3 Å². The smallest absolute Gasteiger partial charge is 0.255 e. The average Bonchev–Trinajstić information content (AvgIpc) is 3.29. The minimum Gasteiger partial charge on any atom is -0.317 e. The fraction of sp³-hybridized carbons (Fsp3) is 0.0364. The van der Waals surface area contributed by atoms with Crippen LogP contribution in [-0.4, -0.2) is 4.57 Å². The van der Waals surface area contributed by atoms with Crippen molar-refractivity contribution in [3.63, 3.8) is 0 Å². The maximum atomic E-state index is 13.0. The van der Waals surface area contributed by atoms with Crippen molar-refractivity contribution in [3.8, 4) is 16.8 Å². The van der Waals surface area contributed by atoms with Crippen molar-refractivity contribution in [1.29, 1.82) is 0 Å². The Morgan fingerprint density at radius 1 is 0.469 bits per heavy atom. The van der Waals surface area contributed by atoms with Crippen LogP contribution in [0, 0.1) is 30.2 Å². The lowest BCUT2D eigenvalue weighted by Crippen LogP contribution is -2.16. The Morgan fingerprint density at radius 2 is 0.875 bits per heavy atom. The third-order valence-electron chi connectivity index (χ3n) is 10.00. The van der Waals surface area contributed by atoms with Crippen molar-refractivity contribution in [2.75, 3.05) is 9.80 Å². The molecule has 0 aliphatic carbocycles. The van der Waals surface area contributed by atoms with E-state index >= 15 is 0 Å². The SMILES string of the molecule is C.C=C1C=CC(c2ccc(F)cc2)=CN1c1ccc(Cl)cc1.C=C1C=CC(c2ccc(F)cc2)=CN1c1ccc(F)cc1.Cc1cccc(-n2cc(-c3ccc(F)cc3)ccc2=O)c1. The molecule has 0 radical (unpaired) electrons.